The highest BCUT2D eigenvalue weighted by atomic mass is 35.5. The fourth-order valence-electron chi connectivity index (χ4n) is 3.49. The van der Waals surface area contributed by atoms with E-state index in [9.17, 15) is 9.18 Å². The number of hydrogen-bond donors (Lipinski definition) is 0. The molecule has 2 aromatic heterocycles. The normalized spacial score (nSPS) is 14.2. The van der Waals surface area contributed by atoms with Crippen molar-refractivity contribution < 1.29 is 9.18 Å². The summed E-state index contributed by atoms with van der Waals surface area (Å²) in [4.78, 5) is 22.9. The molecule has 1 aliphatic rings. The van der Waals surface area contributed by atoms with E-state index in [1.165, 1.54) is 12.1 Å². The molecule has 28 heavy (non-hydrogen) atoms. The summed E-state index contributed by atoms with van der Waals surface area (Å²) in [5.41, 5.74) is 2.49. The fourth-order valence-corrected chi connectivity index (χ4v) is 3.72. The molecule has 5 nitrogen and oxygen atoms in total. The van der Waals surface area contributed by atoms with E-state index in [0.29, 0.717) is 13.1 Å². The lowest BCUT2D eigenvalue weighted by molar-refractivity contribution is -0.135. The molecule has 1 saturated heterocycles. The van der Waals surface area contributed by atoms with E-state index in [1.54, 1.807) is 23.4 Å². The first-order chi connectivity index (χ1) is 13.5. The number of carbonyl (C=O) groups is 1. The largest absolute Gasteiger partial charge is 0.341 e. The average molecular weight is 399 g/mol. The van der Waals surface area contributed by atoms with Gasteiger partial charge in [-0.25, -0.2) is 9.37 Å². The summed E-state index contributed by atoms with van der Waals surface area (Å²) < 4.78 is 16.1. The Hall–Kier alpha value is -2.73. The molecule has 144 valence electrons. The molecule has 0 aliphatic carbocycles. The minimum atomic E-state index is -0.443. The van der Waals surface area contributed by atoms with Crippen LogP contribution in [0.15, 0.2) is 48.9 Å². The maximum absolute atomic E-state index is 13.9. The van der Waals surface area contributed by atoms with Crippen LogP contribution in [0.3, 0.4) is 0 Å². The number of likely N-dealkylation sites (tertiary alicyclic amines) is 1. The summed E-state index contributed by atoms with van der Waals surface area (Å²) in [5, 5.41) is 0.286. The van der Waals surface area contributed by atoms with Crippen LogP contribution in [-0.2, 0) is 17.8 Å². The van der Waals surface area contributed by atoms with E-state index in [1.807, 2.05) is 25.3 Å². The van der Waals surface area contributed by atoms with Crippen molar-refractivity contribution in [3.8, 4) is 0 Å². The lowest BCUT2D eigenvalue weighted by Crippen LogP contribution is -2.50. The molecule has 1 fully saturated rings. The van der Waals surface area contributed by atoms with Gasteiger partial charge in [-0.15, -0.1) is 0 Å². The second-order valence-corrected chi connectivity index (χ2v) is 7.48. The van der Waals surface area contributed by atoms with Crippen LogP contribution in [0.2, 0.25) is 5.02 Å². The summed E-state index contributed by atoms with van der Waals surface area (Å²) >= 11 is 6.04. The number of halogens is 2. The van der Waals surface area contributed by atoms with E-state index in [-0.39, 0.29) is 28.8 Å². The van der Waals surface area contributed by atoms with Crippen LogP contribution in [0.4, 0.5) is 4.39 Å². The predicted octanol–water partition coefficient (Wildman–Crippen LogP) is 3.60. The second-order valence-electron chi connectivity index (χ2n) is 7.07. The summed E-state index contributed by atoms with van der Waals surface area (Å²) in [5.74, 6) is 0.589. The number of hydrogen-bond acceptors (Lipinski definition) is 3. The van der Waals surface area contributed by atoms with Gasteiger partial charge in [-0.1, -0.05) is 17.7 Å². The molecule has 4 rings (SSSR count). The molecule has 0 N–H and O–H groups in total. The van der Waals surface area contributed by atoms with Crippen molar-refractivity contribution in [2.75, 3.05) is 13.1 Å². The van der Waals surface area contributed by atoms with Crippen molar-refractivity contribution in [3.05, 3.63) is 82.4 Å². The molecule has 0 atom stereocenters. The van der Waals surface area contributed by atoms with Gasteiger partial charge in [0.15, 0.2) is 0 Å². The molecule has 7 heteroatoms. The Balaban J connectivity index is 1.42. The zero-order valence-corrected chi connectivity index (χ0v) is 16.2. The van der Waals surface area contributed by atoms with E-state index in [2.05, 4.69) is 14.5 Å². The van der Waals surface area contributed by atoms with Gasteiger partial charge in [-0.05, 0) is 36.8 Å². The van der Waals surface area contributed by atoms with E-state index >= 15 is 0 Å². The predicted molar refractivity (Wildman–Crippen MR) is 105 cm³/mol. The quantitative estimate of drug-likeness (QED) is 0.660. The Morgan fingerprint density at radius 1 is 1.25 bits per heavy atom. The van der Waals surface area contributed by atoms with Gasteiger partial charge < -0.3 is 9.47 Å². The number of aromatic nitrogens is 3. The van der Waals surface area contributed by atoms with Gasteiger partial charge in [0.25, 0.3) is 0 Å². The van der Waals surface area contributed by atoms with Crippen molar-refractivity contribution in [1.29, 1.82) is 0 Å². The number of carbonyl (C=O) groups excluding carboxylic acids is 1. The van der Waals surface area contributed by atoms with Gasteiger partial charge in [0.05, 0.1) is 12.3 Å². The molecular formula is C21H20ClFN4O. The molecule has 0 saturated carbocycles. The van der Waals surface area contributed by atoms with E-state index in [4.69, 9.17) is 11.6 Å². The number of rotatable bonds is 5. The summed E-state index contributed by atoms with van der Waals surface area (Å²) in [6.45, 7) is 3.91. The van der Waals surface area contributed by atoms with Crippen LogP contribution >= 0.6 is 11.6 Å². The maximum Gasteiger partial charge on any atom is 0.227 e. The first-order valence-electron chi connectivity index (χ1n) is 9.14. The molecule has 3 aromatic rings. The molecule has 0 bridgehead atoms. The van der Waals surface area contributed by atoms with Crippen molar-refractivity contribution in [2.24, 2.45) is 0 Å². The summed E-state index contributed by atoms with van der Waals surface area (Å²) in [7, 11) is 0. The number of amides is 1. The maximum atomic E-state index is 13.9. The Morgan fingerprint density at radius 3 is 2.71 bits per heavy atom. The van der Waals surface area contributed by atoms with Gasteiger partial charge >= 0.3 is 0 Å². The molecular weight excluding hydrogens is 379 g/mol. The number of benzene rings is 1. The van der Waals surface area contributed by atoms with Crippen molar-refractivity contribution >= 4 is 17.5 Å². The van der Waals surface area contributed by atoms with Gasteiger partial charge in [0.1, 0.15) is 11.6 Å². The minimum absolute atomic E-state index is 0.0251. The zero-order chi connectivity index (χ0) is 19.7. The fraction of sp³-hybridized carbons (Fsp3) is 0.286. The molecule has 0 unspecified atom stereocenters. The second kappa shape index (κ2) is 7.72. The molecule has 1 aromatic carbocycles. The Kier molecular flexibility index (Phi) is 5.13. The summed E-state index contributed by atoms with van der Waals surface area (Å²) in [6, 6.07) is 8.43. The lowest BCUT2D eigenvalue weighted by atomic mass is 9.97. The number of pyridine rings is 1. The van der Waals surface area contributed by atoms with E-state index < -0.39 is 5.82 Å². The van der Waals surface area contributed by atoms with Crippen LogP contribution < -0.4 is 0 Å². The standard InChI is InChI=1S/C21H20ClFN4O/c1-14-10-25-21(27(14)11-15-5-7-24-8-6-15)16-12-26(13-16)20(28)9-17-18(22)3-2-4-19(17)23/h2-8,10,16H,9,11-13H2,1H3. The van der Waals surface area contributed by atoms with Crippen LogP contribution in [0.5, 0.6) is 0 Å². The topological polar surface area (TPSA) is 51.0 Å². The van der Waals surface area contributed by atoms with Gasteiger partial charge in [-0.3, -0.25) is 9.78 Å². The molecule has 0 radical (unpaired) electrons. The van der Waals surface area contributed by atoms with Crippen LogP contribution in [0, 0.1) is 12.7 Å². The van der Waals surface area contributed by atoms with Crippen molar-refractivity contribution in [2.45, 2.75) is 25.8 Å². The number of aryl methyl sites for hydroxylation is 1. The SMILES string of the molecule is Cc1cnc(C2CN(C(=O)Cc3c(F)cccc3Cl)C2)n1Cc1ccncc1. The monoisotopic (exact) mass is 398 g/mol. The Bertz CT molecular complexity index is 979. The Labute approximate surface area is 167 Å². The first-order valence-corrected chi connectivity index (χ1v) is 9.52. The molecule has 0 spiro atoms. The molecule has 1 aliphatic heterocycles. The van der Waals surface area contributed by atoms with Gasteiger partial charge in [0.2, 0.25) is 5.91 Å². The smallest absolute Gasteiger partial charge is 0.227 e. The zero-order valence-electron chi connectivity index (χ0n) is 15.5. The highest BCUT2D eigenvalue weighted by Gasteiger charge is 2.35. The van der Waals surface area contributed by atoms with E-state index in [0.717, 1.165) is 23.6 Å². The van der Waals surface area contributed by atoms with Crippen molar-refractivity contribution in [3.63, 3.8) is 0 Å². The third-order valence-electron chi connectivity index (χ3n) is 5.17. The third kappa shape index (κ3) is 3.64. The highest BCUT2D eigenvalue weighted by Crippen LogP contribution is 2.29. The minimum Gasteiger partial charge on any atom is -0.341 e. The summed E-state index contributed by atoms with van der Waals surface area (Å²) in [6.07, 6.45) is 5.39. The lowest BCUT2D eigenvalue weighted by Gasteiger charge is -2.39. The van der Waals surface area contributed by atoms with Crippen LogP contribution in [-0.4, -0.2) is 38.4 Å². The first kappa shape index (κ1) is 18.6. The van der Waals surface area contributed by atoms with Gasteiger partial charge in [-0.2, -0.15) is 0 Å². The van der Waals surface area contributed by atoms with Crippen molar-refractivity contribution in [1.82, 2.24) is 19.4 Å². The van der Waals surface area contributed by atoms with Crippen LogP contribution in [0.25, 0.3) is 0 Å². The van der Waals surface area contributed by atoms with Gasteiger partial charge in [0, 0.05) is 54.5 Å². The highest BCUT2D eigenvalue weighted by molar-refractivity contribution is 6.31. The Morgan fingerprint density at radius 2 is 2.00 bits per heavy atom. The number of nitrogens with zero attached hydrogens (tertiary/aromatic N) is 4. The average Bonchev–Trinajstić information content (AvgIpc) is 2.99. The molecule has 3 heterocycles. The number of imidazole rings is 1. The third-order valence-corrected chi connectivity index (χ3v) is 5.52. The molecule has 1 amide bonds. The van der Waals surface area contributed by atoms with Crippen LogP contribution in [0.1, 0.15) is 28.6 Å².